The second-order valence-electron chi connectivity index (χ2n) is 9.31. The van der Waals surface area contributed by atoms with E-state index in [1.807, 2.05) is 23.7 Å². The van der Waals surface area contributed by atoms with Gasteiger partial charge in [0.05, 0.1) is 10.6 Å². The van der Waals surface area contributed by atoms with Crippen LogP contribution in [0.1, 0.15) is 68.8 Å². The number of anilines is 2. The van der Waals surface area contributed by atoms with Gasteiger partial charge < -0.3 is 19.6 Å². The lowest BCUT2D eigenvalue weighted by Gasteiger charge is -2.32. The summed E-state index contributed by atoms with van der Waals surface area (Å²) in [6.07, 6.45) is 4.31. The molecule has 3 aliphatic rings. The number of likely N-dealkylation sites (tertiary alicyclic amines) is 1. The van der Waals surface area contributed by atoms with Crippen molar-refractivity contribution >= 4 is 29.4 Å². The van der Waals surface area contributed by atoms with Gasteiger partial charge in [-0.2, -0.15) is 9.97 Å². The van der Waals surface area contributed by atoms with Gasteiger partial charge in [-0.1, -0.05) is 19.0 Å². The Hall–Kier alpha value is -2.36. The van der Waals surface area contributed by atoms with E-state index in [2.05, 4.69) is 34.2 Å². The van der Waals surface area contributed by atoms with E-state index in [0.29, 0.717) is 18.9 Å². The normalized spacial score (nSPS) is 22.0. The molecule has 1 atom stereocenters. The van der Waals surface area contributed by atoms with Crippen LogP contribution in [0.5, 0.6) is 0 Å². The number of aryl methyl sites for hydroxylation is 1. The Bertz CT molecular complexity index is 987. The first-order chi connectivity index (χ1) is 15.5. The third-order valence-corrected chi connectivity index (χ3v) is 7.70. The van der Waals surface area contributed by atoms with Crippen molar-refractivity contribution in [2.75, 3.05) is 42.7 Å². The number of carbonyl (C=O) groups is 1. The maximum absolute atomic E-state index is 11.9. The average molecular weight is 458 g/mol. The Morgan fingerprint density at radius 1 is 1.12 bits per heavy atom. The molecule has 32 heavy (non-hydrogen) atoms. The van der Waals surface area contributed by atoms with Crippen LogP contribution in [0.3, 0.4) is 0 Å². The van der Waals surface area contributed by atoms with Crippen LogP contribution in [0, 0.1) is 0 Å². The van der Waals surface area contributed by atoms with Gasteiger partial charge in [0.25, 0.3) is 0 Å². The van der Waals surface area contributed by atoms with Gasteiger partial charge in [0, 0.05) is 63.2 Å². The smallest absolute Gasteiger partial charge is 0.229 e. The standard InChI is InChI=1S/C22H31N7O2S/c1-13(2)19-25-21(31-27-19)14-6-9-29(10-7-14)22-24-16-8-11-32-18(16)20(26-22)23-15-4-5-17(30)28(3)12-15/h13-15H,4-12H2,1-3H3,(H,23,24,26)/t15-/m0/s1. The third-order valence-electron chi connectivity index (χ3n) is 6.58. The summed E-state index contributed by atoms with van der Waals surface area (Å²) in [7, 11) is 1.87. The molecular weight excluding hydrogens is 426 g/mol. The molecule has 172 valence electrons. The highest BCUT2D eigenvalue weighted by Gasteiger charge is 2.30. The molecule has 0 bridgehead atoms. The summed E-state index contributed by atoms with van der Waals surface area (Å²) in [6, 6.07) is 0.226. The van der Waals surface area contributed by atoms with Gasteiger partial charge in [0.2, 0.25) is 17.7 Å². The van der Waals surface area contributed by atoms with Crippen molar-refractivity contribution in [1.29, 1.82) is 0 Å². The molecule has 0 spiro atoms. The van der Waals surface area contributed by atoms with Crippen molar-refractivity contribution in [3.05, 3.63) is 17.4 Å². The van der Waals surface area contributed by atoms with E-state index in [0.717, 1.165) is 73.7 Å². The molecule has 0 unspecified atom stereocenters. The predicted octanol–water partition coefficient (Wildman–Crippen LogP) is 3.05. The summed E-state index contributed by atoms with van der Waals surface area (Å²) in [5.41, 5.74) is 1.14. The highest BCUT2D eigenvalue weighted by Crippen LogP contribution is 2.38. The molecule has 0 radical (unpaired) electrons. The molecule has 10 heteroatoms. The number of aromatic nitrogens is 4. The average Bonchev–Trinajstić information content (AvgIpc) is 3.46. The number of nitrogens with one attached hydrogen (secondary N) is 1. The molecule has 5 heterocycles. The fourth-order valence-electron chi connectivity index (χ4n) is 4.59. The van der Waals surface area contributed by atoms with Crippen LogP contribution in [0.25, 0.3) is 0 Å². The second kappa shape index (κ2) is 8.88. The van der Waals surface area contributed by atoms with Crippen molar-refractivity contribution in [1.82, 2.24) is 25.0 Å². The number of piperidine rings is 2. The lowest BCUT2D eigenvalue weighted by atomic mass is 9.97. The summed E-state index contributed by atoms with van der Waals surface area (Å²) < 4.78 is 5.54. The number of hydrogen-bond acceptors (Lipinski definition) is 9. The van der Waals surface area contributed by atoms with Crippen molar-refractivity contribution in [3.63, 3.8) is 0 Å². The van der Waals surface area contributed by atoms with Crippen molar-refractivity contribution in [2.24, 2.45) is 0 Å². The molecule has 2 aromatic heterocycles. The van der Waals surface area contributed by atoms with E-state index in [4.69, 9.17) is 14.5 Å². The molecule has 2 aromatic rings. The number of fused-ring (bicyclic) bond motifs is 1. The molecule has 1 amide bonds. The molecule has 2 fully saturated rings. The van der Waals surface area contributed by atoms with Crippen LogP contribution in [-0.4, -0.2) is 69.4 Å². The Morgan fingerprint density at radius 2 is 1.94 bits per heavy atom. The molecule has 3 aliphatic heterocycles. The summed E-state index contributed by atoms with van der Waals surface area (Å²) in [5.74, 6) is 5.12. The van der Waals surface area contributed by atoms with E-state index >= 15 is 0 Å². The first kappa shape index (κ1) is 21.5. The number of carbonyl (C=O) groups excluding carboxylic acids is 1. The Balaban J connectivity index is 1.29. The van der Waals surface area contributed by atoms with Gasteiger partial charge in [0.15, 0.2) is 5.82 Å². The number of amides is 1. The van der Waals surface area contributed by atoms with Crippen LogP contribution in [0.15, 0.2) is 9.42 Å². The summed E-state index contributed by atoms with van der Waals surface area (Å²) >= 11 is 1.83. The van der Waals surface area contributed by atoms with Crippen LogP contribution >= 0.6 is 11.8 Å². The topological polar surface area (TPSA) is 100 Å². The molecule has 1 N–H and O–H groups in total. The van der Waals surface area contributed by atoms with E-state index in [-0.39, 0.29) is 17.9 Å². The maximum Gasteiger partial charge on any atom is 0.229 e. The zero-order valence-electron chi connectivity index (χ0n) is 19.0. The third kappa shape index (κ3) is 4.29. The summed E-state index contributed by atoms with van der Waals surface area (Å²) in [4.78, 5) is 31.6. The van der Waals surface area contributed by atoms with Gasteiger partial charge >= 0.3 is 0 Å². The number of nitrogens with zero attached hydrogens (tertiary/aromatic N) is 6. The van der Waals surface area contributed by atoms with Gasteiger partial charge in [-0.25, -0.2) is 4.98 Å². The van der Waals surface area contributed by atoms with Gasteiger partial charge in [-0.15, -0.1) is 11.8 Å². The molecule has 9 nitrogen and oxygen atoms in total. The number of likely N-dealkylation sites (N-methyl/N-ethyl adjacent to an activating group) is 1. The molecule has 5 rings (SSSR count). The lowest BCUT2D eigenvalue weighted by molar-refractivity contribution is -0.132. The number of hydrogen-bond donors (Lipinski definition) is 1. The molecule has 0 aromatic carbocycles. The maximum atomic E-state index is 11.9. The minimum Gasteiger partial charge on any atom is -0.364 e. The fourth-order valence-corrected chi connectivity index (χ4v) is 5.65. The van der Waals surface area contributed by atoms with Crippen LogP contribution < -0.4 is 10.2 Å². The minimum atomic E-state index is 0.218. The van der Waals surface area contributed by atoms with Crippen molar-refractivity contribution < 1.29 is 9.32 Å². The van der Waals surface area contributed by atoms with Crippen LogP contribution in [-0.2, 0) is 11.2 Å². The number of rotatable bonds is 5. The SMILES string of the molecule is CC(C)c1noc(C2CCN(c3nc4c(c(N[C@H]5CCC(=O)N(C)C5)n3)SCC4)CC2)n1. The first-order valence-corrected chi connectivity index (χ1v) is 12.6. The molecule has 2 saturated heterocycles. The predicted molar refractivity (Wildman–Crippen MR) is 123 cm³/mol. The lowest BCUT2D eigenvalue weighted by Crippen LogP contribution is -2.43. The highest BCUT2D eigenvalue weighted by molar-refractivity contribution is 7.99. The van der Waals surface area contributed by atoms with E-state index in [1.165, 1.54) is 4.90 Å². The number of thioether (sulfide) groups is 1. The molecule has 0 aliphatic carbocycles. The quantitative estimate of drug-likeness (QED) is 0.726. The van der Waals surface area contributed by atoms with Gasteiger partial charge in [-0.05, 0) is 19.3 Å². The summed E-state index contributed by atoms with van der Waals surface area (Å²) in [5, 5.41) is 7.76. The van der Waals surface area contributed by atoms with E-state index in [9.17, 15) is 4.79 Å². The second-order valence-corrected chi connectivity index (χ2v) is 10.4. The van der Waals surface area contributed by atoms with Gasteiger partial charge in [-0.3, -0.25) is 4.79 Å². The minimum absolute atomic E-state index is 0.218. The van der Waals surface area contributed by atoms with E-state index < -0.39 is 0 Å². The largest absolute Gasteiger partial charge is 0.364 e. The fraction of sp³-hybridized carbons (Fsp3) is 0.682. The van der Waals surface area contributed by atoms with Gasteiger partial charge in [0.1, 0.15) is 5.82 Å². The Morgan fingerprint density at radius 3 is 2.66 bits per heavy atom. The van der Waals surface area contributed by atoms with Crippen LogP contribution in [0.4, 0.5) is 11.8 Å². The Labute approximate surface area is 192 Å². The first-order valence-electron chi connectivity index (χ1n) is 11.6. The monoisotopic (exact) mass is 457 g/mol. The zero-order valence-corrected chi connectivity index (χ0v) is 19.8. The van der Waals surface area contributed by atoms with Crippen LogP contribution in [0.2, 0.25) is 0 Å². The summed E-state index contributed by atoms with van der Waals surface area (Å²) in [6.45, 7) is 6.61. The molecule has 0 saturated carbocycles. The highest BCUT2D eigenvalue weighted by atomic mass is 32.2. The van der Waals surface area contributed by atoms with Crippen molar-refractivity contribution in [3.8, 4) is 0 Å². The Kier molecular flexibility index (Phi) is 5.96. The molecular formula is C22H31N7O2S. The zero-order chi connectivity index (χ0) is 22.2. The van der Waals surface area contributed by atoms with E-state index in [1.54, 1.807) is 0 Å². The van der Waals surface area contributed by atoms with Crippen molar-refractivity contribution in [2.45, 2.75) is 68.7 Å².